The van der Waals surface area contributed by atoms with Gasteiger partial charge in [-0.3, -0.25) is 4.79 Å². The molecule has 0 heterocycles. The number of thioether (sulfide) groups is 1. The van der Waals surface area contributed by atoms with E-state index in [0.717, 1.165) is 23.5 Å². The van der Waals surface area contributed by atoms with Gasteiger partial charge in [-0.1, -0.05) is 17.7 Å². The van der Waals surface area contributed by atoms with Gasteiger partial charge in [-0.05, 0) is 31.2 Å². The van der Waals surface area contributed by atoms with Gasteiger partial charge < -0.3 is 10.4 Å². The second-order valence-electron chi connectivity index (χ2n) is 3.81. The summed E-state index contributed by atoms with van der Waals surface area (Å²) in [4.78, 5) is 11.7. The predicted molar refractivity (Wildman–Crippen MR) is 72.5 cm³/mol. The van der Waals surface area contributed by atoms with Crippen molar-refractivity contribution in [3.05, 3.63) is 35.4 Å². The molecule has 0 fully saturated rings. The number of nitrogens with one attached hydrogen (secondary N) is 1. The number of benzene rings is 1. The maximum absolute atomic E-state index is 11.7. The summed E-state index contributed by atoms with van der Waals surface area (Å²) in [6.45, 7) is 2.88. The molecule has 0 saturated heterocycles. The molecule has 0 saturated carbocycles. The summed E-state index contributed by atoms with van der Waals surface area (Å²) < 4.78 is 0. The summed E-state index contributed by atoms with van der Waals surface area (Å²) in [5, 5.41) is 11.5. The average Bonchev–Trinajstić information content (AvgIpc) is 2.33. The first-order chi connectivity index (χ1) is 8.24. The van der Waals surface area contributed by atoms with Crippen molar-refractivity contribution in [1.29, 1.82) is 0 Å². The van der Waals surface area contributed by atoms with E-state index in [1.165, 1.54) is 0 Å². The third-order valence-electron chi connectivity index (χ3n) is 2.26. The Kier molecular flexibility index (Phi) is 6.74. The molecule has 3 nitrogen and oxygen atoms in total. The minimum absolute atomic E-state index is 0.0172. The van der Waals surface area contributed by atoms with Gasteiger partial charge in [0.2, 0.25) is 0 Å². The molecule has 0 aliphatic carbocycles. The number of amides is 1. The van der Waals surface area contributed by atoms with Crippen LogP contribution in [-0.4, -0.2) is 35.7 Å². The largest absolute Gasteiger partial charge is 0.396 e. The summed E-state index contributed by atoms with van der Waals surface area (Å²) in [6, 6.07) is 7.57. The minimum Gasteiger partial charge on any atom is -0.396 e. The lowest BCUT2D eigenvalue weighted by atomic mass is 10.1. The van der Waals surface area contributed by atoms with Gasteiger partial charge in [0, 0.05) is 24.5 Å². The normalized spacial score (nSPS) is 10.2. The smallest absolute Gasteiger partial charge is 0.251 e. The molecule has 1 aromatic rings. The molecule has 1 amide bonds. The fourth-order valence-electron chi connectivity index (χ4n) is 1.39. The molecule has 0 aliphatic heterocycles. The highest BCUT2D eigenvalue weighted by Gasteiger charge is 2.03. The van der Waals surface area contributed by atoms with E-state index in [-0.39, 0.29) is 12.5 Å². The number of carbonyl (C=O) groups excluding carboxylic acids is 1. The zero-order valence-electron chi connectivity index (χ0n) is 10.1. The Hall–Kier alpha value is -1.00. The Morgan fingerprint density at radius 2 is 2.24 bits per heavy atom. The number of carbonyl (C=O) groups is 1. The van der Waals surface area contributed by atoms with Crippen LogP contribution >= 0.6 is 11.8 Å². The second-order valence-corrected chi connectivity index (χ2v) is 5.04. The van der Waals surface area contributed by atoms with Crippen molar-refractivity contribution in [1.82, 2.24) is 5.32 Å². The Morgan fingerprint density at radius 1 is 1.41 bits per heavy atom. The first-order valence-electron chi connectivity index (χ1n) is 5.77. The van der Waals surface area contributed by atoms with Crippen molar-refractivity contribution in [3.8, 4) is 0 Å². The number of rotatable bonds is 7. The summed E-state index contributed by atoms with van der Waals surface area (Å²) >= 11 is 1.74. The Labute approximate surface area is 107 Å². The SMILES string of the molecule is Cc1cccc(C(=O)NCCSCCCO)c1. The summed E-state index contributed by atoms with van der Waals surface area (Å²) in [6.07, 6.45) is 0.816. The van der Waals surface area contributed by atoms with Gasteiger partial charge in [0.1, 0.15) is 0 Å². The van der Waals surface area contributed by atoms with E-state index >= 15 is 0 Å². The molecular formula is C13H19NO2S. The molecule has 0 bridgehead atoms. The molecule has 1 aromatic carbocycles. The van der Waals surface area contributed by atoms with Crippen molar-refractivity contribution in [3.63, 3.8) is 0 Å². The van der Waals surface area contributed by atoms with Crippen molar-refractivity contribution in [2.45, 2.75) is 13.3 Å². The number of aliphatic hydroxyl groups is 1. The predicted octanol–water partition coefficient (Wildman–Crippen LogP) is 1.84. The molecule has 4 heteroatoms. The maximum Gasteiger partial charge on any atom is 0.251 e. The fourth-order valence-corrected chi connectivity index (χ4v) is 2.18. The molecule has 0 spiro atoms. The standard InChI is InChI=1S/C13H19NO2S/c1-11-4-2-5-12(10-11)13(16)14-6-9-17-8-3-7-15/h2,4-5,10,15H,3,6-9H2,1H3,(H,14,16). The first kappa shape index (κ1) is 14.1. The van der Waals surface area contributed by atoms with Crippen LogP contribution in [0.4, 0.5) is 0 Å². The molecule has 1 rings (SSSR count). The highest BCUT2D eigenvalue weighted by Crippen LogP contribution is 2.04. The quantitative estimate of drug-likeness (QED) is 0.729. The highest BCUT2D eigenvalue weighted by atomic mass is 32.2. The molecule has 2 N–H and O–H groups in total. The van der Waals surface area contributed by atoms with Crippen LogP contribution < -0.4 is 5.32 Å². The lowest BCUT2D eigenvalue weighted by Gasteiger charge is -2.05. The number of hydrogen-bond donors (Lipinski definition) is 2. The fraction of sp³-hybridized carbons (Fsp3) is 0.462. The Morgan fingerprint density at radius 3 is 2.94 bits per heavy atom. The minimum atomic E-state index is -0.0172. The lowest BCUT2D eigenvalue weighted by molar-refractivity contribution is 0.0956. The van der Waals surface area contributed by atoms with Crippen LogP contribution in [0.3, 0.4) is 0 Å². The summed E-state index contributed by atoms with van der Waals surface area (Å²) in [5.41, 5.74) is 1.81. The van der Waals surface area contributed by atoms with E-state index in [9.17, 15) is 4.79 Å². The topological polar surface area (TPSA) is 49.3 Å². The van der Waals surface area contributed by atoms with Crippen molar-refractivity contribution >= 4 is 17.7 Å². The van der Waals surface area contributed by atoms with E-state index < -0.39 is 0 Å². The molecule has 0 radical (unpaired) electrons. The monoisotopic (exact) mass is 253 g/mol. The van der Waals surface area contributed by atoms with Gasteiger partial charge >= 0.3 is 0 Å². The molecular weight excluding hydrogens is 234 g/mol. The molecule has 0 atom stereocenters. The van der Waals surface area contributed by atoms with Crippen LogP contribution in [0, 0.1) is 6.92 Å². The van der Waals surface area contributed by atoms with E-state index in [1.54, 1.807) is 11.8 Å². The number of aryl methyl sites for hydroxylation is 1. The van der Waals surface area contributed by atoms with E-state index in [1.807, 2.05) is 31.2 Å². The molecule has 0 aromatic heterocycles. The van der Waals surface area contributed by atoms with Crippen LogP contribution in [0.25, 0.3) is 0 Å². The van der Waals surface area contributed by atoms with E-state index in [2.05, 4.69) is 5.32 Å². The van der Waals surface area contributed by atoms with Crippen LogP contribution in [0.1, 0.15) is 22.3 Å². The van der Waals surface area contributed by atoms with Crippen LogP contribution in [0.2, 0.25) is 0 Å². The van der Waals surface area contributed by atoms with Gasteiger partial charge in [0.05, 0.1) is 0 Å². The van der Waals surface area contributed by atoms with Crippen LogP contribution in [-0.2, 0) is 0 Å². The maximum atomic E-state index is 11.7. The van der Waals surface area contributed by atoms with Gasteiger partial charge in [0.15, 0.2) is 0 Å². The van der Waals surface area contributed by atoms with Gasteiger partial charge in [-0.15, -0.1) is 0 Å². The molecule has 0 aliphatic rings. The van der Waals surface area contributed by atoms with Gasteiger partial charge in [-0.25, -0.2) is 0 Å². The highest BCUT2D eigenvalue weighted by molar-refractivity contribution is 7.99. The van der Waals surface area contributed by atoms with Gasteiger partial charge in [-0.2, -0.15) is 11.8 Å². The zero-order chi connectivity index (χ0) is 12.5. The second kappa shape index (κ2) is 8.14. The Bertz CT molecular complexity index is 355. The van der Waals surface area contributed by atoms with Crippen LogP contribution in [0.5, 0.6) is 0 Å². The van der Waals surface area contributed by atoms with Crippen molar-refractivity contribution in [2.24, 2.45) is 0 Å². The van der Waals surface area contributed by atoms with Crippen LogP contribution in [0.15, 0.2) is 24.3 Å². The molecule has 94 valence electrons. The first-order valence-corrected chi connectivity index (χ1v) is 6.93. The van der Waals surface area contributed by atoms with E-state index in [4.69, 9.17) is 5.11 Å². The summed E-state index contributed by atoms with van der Waals surface area (Å²) in [7, 11) is 0. The zero-order valence-corrected chi connectivity index (χ0v) is 10.9. The number of aliphatic hydroxyl groups excluding tert-OH is 1. The third kappa shape index (κ3) is 5.75. The molecule has 0 unspecified atom stereocenters. The lowest BCUT2D eigenvalue weighted by Crippen LogP contribution is -2.25. The molecule has 17 heavy (non-hydrogen) atoms. The van der Waals surface area contributed by atoms with Gasteiger partial charge in [0.25, 0.3) is 5.91 Å². The third-order valence-corrected chi connectivity index (χ3v) is 3.33. The van der Waals surface area contributed by atoms with Crippen molar-refractivity contribution in [2.75, 3.05) is 24.7 Å². The van der Waals surface area contributed by atoms with Crippen molar-refractivity contribution < 1.29 is 9.90 Å². The Balaban J connectivity index is 2.21. The average molecular weight is 253 g/mol. The summed E-state index contributed by atoms with van der Waals surface area (Å²) in [5.74, 6) is 1.81. The number of hydrogen-bond acceptors (Lipinski definition) is 3. The van der Waals surface area contributed by atoms with E-state index in [0.29, 0.717) is 12.1 Å².